The predicted octanol–water partition coefficient (Wildman–Crippen LogP) is 6.28. The molecule has 0 amide bonds. The van der Waals surface area contributed by atoms with Crippen LogP contribution in [-0.2, 0) is 0 Å². The van der Waals surface area contributed by atoms with Crippen molar-refractivity contribution in [1.29, 1.82) is 0 Å². The Bertz CT molecular complexity index is 945. The van der Waals surface area contributed by atoms with Crippen LogP contribution in [0.3, 0.4) is 0 Å². The molecule has 1 aliphatic rings. The number of anilines is 3. The number of halogens is 2. The van der Waals surface area contributed by atoms with Crippen molar-refractivity contribution in [2.75, 3.05) is 10.6 Å². The fourth-order valence-corrected chi connectivity index (χ4v) is 4.30. The molecule has 4 rings (SSSR count). The zero-order chi connectivity index (χ0) is 19.3. The van der Waals surface area contributed by atoms with E-state index in [0.717, 1.165) is 33.4 Å². The summed E-state index contributed by atoms with van der Waals surface area (Å²) in [6.45, 7) is 0. The average molecular weight is 506 g/mol. The SMILES string of the molecule is Clc1cc(I)ccc1Nc1cc(-c2cccnc2)nc(NC2CCCCC2)n1. The largest absolute Gasteiger partial charge is 0.351 e. The summed E-state index contributed by atoms with van der Waals surface area (Å²) < 4.78 is 1.09. The molecule has 1 aromatic carbocycles. The third-order valence-corrected chi connectivity index (χ3v) is 5.80. The molecular formula is C21H21ClIN5. The van der Waals surface area contributed by atoms with E-state index < -0.39 is 0 Å². The second-order valence-electron chi connectivity index (χ2n) is 6.93. The number of aromatic nitrogens is 3. The van der Waals surface area contributed by atoms with Crippen LogP contribution in [0.4, 0.5) is 17.5 Å². The van der Waals surface area contributed by atoms with Gasteiger partial charge in [0.1, 0.15) is 5.82 Å². The minimum atomic E-state index is 0.424. The monoisotopic (exact) mass is 505 g/mol. The van der Waals surface area contributed by atoms with Crippen LogP contribution in [0, 0.1) is 3.57 Å². The summed E-state index contributed by atoms with van der Waals surface area (Å²) >= 11 is 8.64. The fourth-order valence-electron chi connectivity index (χ4n) is 3.40. The van der Waals surface area contributed by atoms with Crippen LogP contribution in [0.5, 0.6) is 0 Å². The summed E-state index contributed by atoms with van der Waals surface area (Å²) in [6.07, 6.45) is 9.71. The molecule has 1 fully saturated rings. The molecule has 3 aromatic rings. The van der Waals surface area contributed by atoms with Gasteiger partial charge in [0.25, 0.3) is 0 Å². The number of hydrogen-bond donors (Lipinski definition) is 2. The van der Waals surface area contributed by atoms with Gasteiger partial charge in [-0.05, 0) is 65.8 Å². The molecule has 0 radical (unpaired) electrons. The first kappa shape index (κ1) is 19.4. The number of rotatable bonds is 5. The van der Waals surface area contributed by atoms with Gasteiger partial charge in [-0.2, -0.15) is 4.98 Å². The summed E-state index contributed by atoms with van der Waals surface area (Å²) in [5, 5.41) is 7.53. The van der Waals surface area contributed by atoms with Crippen molar-refractivity contribution in [2.45, 2.75) is 38.1 Å². The summed E-state index contributed by atoms with van der Waals surface area (Å²) in [4.78, 5) is 13.7. The van der Waals surface area contributed by atoms with E-state index in [1.54, 1.807) is 6.20 Å². The van der Waals surface area contributed by atoms with Gasteiger partial charge in [0, 0.05) is 33.6 Å². The van der Waals surface area contributed by atoms with Gasteiger partial charge in [-0.3, -0.25) is 4.98 Å². The quantitative estimate of drug-likeness (QED) is 0.399. The third-order valence-electron chi connectivity index (χ3n) is 4.82. The summed E-state index contributed by atoms with van der Waals surface area (Å²) in [5.74, 6) is 1.34. The predicted molar refractivity (Wildman–Crippen MR) is 123 cm³/mol. The normalized spacial score (nSPS) is 14.6. The van der Waals surface area contributed by atoms with Crippen LogP contribution < -0.4 is 10.6 Å². The molecule has 28 heavy (non-hydrogen) atoms. The summed E-state index contributed by atoms with van der Waals surface area (Å²) in [7, 11) is 0. The smallest absolute Gasteiger partial charge is 0.225 e. The molecule has 1 aliphatic carbocycles. The Kier molecular flexibility index (Phi) is 6.26. The summed E-state index contributed by atoms with van der Waals surface area (Å²) in [5.41, 5.74) is 2.60. The topological polar surface area (TPSA) is 62.7 Å². The van der Waals surface area contributed by atoms with Gasteiger partial charge in [-0.1, -0.05) is 30.9 Å². The van der Waals surface area contributed by atoms with Crippen LogP contribution in [0.1, 0.15) is 32.1 Å². The molecule has 144 valence electrons. The highest BCUT2D eigenvalue weighted by Gasteiger charge is 2.16. The molecule has 5 nitrogen and oxygen atoms in total. The first-order valence-electron chi connectivity index (χ1n) is 9.45. The molecular weight excluding hydrogens is 485 g/mol. The van der Waals surface area contributed by atoms with Gasteiger partial charge >= 0.3 is 0 Å². The Labute approximate surface area is 183 Å². The van der Waals surface area contributed by atoms with Crippen LogP contribution in [0.2, 0.25) is 5.02 Å². The maximum atomic E-state index is 6.40. The lowest BCUT2D eigenvalue weighted by Crippen LogP contribution is -2.23. The van der Waals surface area contributed by atoms with E-state index in [4.69, 9.17) is 21.6 Å². The molecule has 2 aromatic heterocycles. The zero-order valence-corrected chi connectivity index (χ0v) is 18.2. The average Bonchev–Trinajstić information content (AvgIpc) is 2.71. The Morgan fingerprint density at radius 2 is 1.89 bits per heavy atom. The first-order chi connectivity index (χ1) is 13.7. The maximum Gasteiger partial charge on any atom is 0.225 e. The number of nitrogens with one attached hydrogen (secondary N) is 2. The molecule has 0 bridgehead atoms. The van der Waals surface area contributed by atoms with Gasteiger partial charge in [0.15, 0.2) is 0 Å². The minimum absolute atomic E-state index is 0.424. The fraction of sp³-hybridized carbons (Fsp3) is 0.286. The molecule has 0 saturated heterocycles. The Balaban J connectivity index is 1.66. The van der Waals surface area contributed by atoms with Crippen LogP contribution in [0.25, 0.3) is 11.3 Å². The Morgan fingerprint density at radius 1 is 1.04 bits per heavy atom. The lowest BCUT2D eigenvalue weighted by atomic mass is 9.96. The van der Waals surface area contributed by atoms with Crippen molar-refractivity contribution in [2.24, 2.45) is 0 Å². The van der Waals surface area contributed by atoms with Crippen molar-refractivity contribution in [3.8, 4) is 11.3 Å². The van der Waals surface area contributed by atoms with Crippen molar-refractivity contribution in [1.82, 2.24) is 15.0 Å². The highest BCUT2D eigenvalue weighted by molar-refractivity contribution is 14.1. The third kappa shape index (κ3) is 4.91. The first-order valence-corrected chi connectivity index (χ1v) is 10.9. The lowest BCUT2D eigenvalue weighted by Gasteiger charge is -2.23. The number of pyridine rings is 1. The van der Waals surface area contributed by atoms with E-state index in [0.29, 0.717) is 22.8 Å². The van der Waals surface area contributed by atoms with Gasteiger partial charge < -0.3 is 10.6 Å². The maximum absolute atomic E-state index is 6.40. The van der Waals surface area contributed by atoms with Crippen molar-refractivity contribution >= 4 is 51.6 Å². The second kappa shape index (κ2) is 9.05. The number of nitrogens with zero attached hydrogens (tertiary/aromatic N) is 3. The highest BCUT2D eigenvalue weighted by atomic mass is 127. The van der Waals surface area contributed by atoms with E-state index in [2.05, 4.69) is 38.2 Å². The Hall–Kier alpha value is -1.93. The van der Waals surface area contributed by atoms with Gasteiger partial charge in [-0.15, -0.1) is 0 Å². The van der Waals surface area contributed by atoms with Crippen LogP contribution >= 0.6 is 34.2 Å². The Morgan fingerprint density at radius 3 is 2.64 bits per heavy atom. The van der Waals surface area contributed by atoms with Crippen LogP contribution in [0.15, 0.2) is 48.8 Å². The van der Waals surface area contributed by atoms with Gasteiger partial charge in [0.05, 0.1) is 16.4 Å². The molecule has 0 atom stereocenters. The van der Waals surface area contributed by atoms with Crippen molar-refractivity contribution in [3.05, 3.63) is 57.4 Å². The standard InChI is InChI=1S/C21H21ClIN5/c22-17-11-15(23)8-9-18(17)26-20-12-19(14-5-4-10-24-13-14)27-21(28-20)25-16-6-2-1-3-7-16/h4-5,8-13,16H,1-3,6-7H2,(H2,25,26,27,28). The molecule has 2 N–H and O–H groups in total. The molecule has 2 heterocycles. The molecule has 1 saturated carbocycles. The van der Waals surface area contributed by atoms with E-state index in [1.807, 2.05) is 42.6 Å². The van der Waals surface area contributed by atoms with E-state index in [9.17, 15) is 0 Å². The summed E-state index contributed by atoms with van der Waals surface area (Å²) in [6, 6.07) is 12.2. The zero-order valence-electron chi connectivity index (χ0n) is 15.3. The van der Waals surface area contributed by atoms with Crippen LogP contribution in [-0.4, -0.2) is 21.0 Å². The van der Waals surface area contributed by atoms with E-state index in [-0.39, 0.29) is 0 Å². The second-order valence-corrected chi connectivity index (χ2v) is 8.59. The van der Waals surface area contributed by atoms with E-state index >= 15 is 0 Å². The lowest BCUT2D eigenvalue weighted by molar-refractivity contribution is 0.461. The highest BCUT2D eigenvalue weighted by Crippen LogP contribution is 2.29. The number of benzene rings is 1. The van der Waals surface area contributed by atoms with Gasteiger partial charge in [-0.25, -0.2) is 4.98 Å². The van der Waals surface area contributed by atoms with Crippen molar-refractivity contribution in [3.63, 3.8) is 0 Å². The van der Waals surface area contributed by atoms with Gasteiger partial charge in [0.2, 0.25) is 5.95 Å². The molecule has 0 aliphatic heterocycles. The van der Waals surface area contributed by atoms with Crippen molar-refractivity contribution < 1.29 is 0 Å². The van der Waals surface area contributed by atoms with E-state index in [1.165, 1.54) is 19.3 Å². The molecule has 0 unspecified atom stereocenters. The molecule has 7 heteroatoms. The molecule has 0 spiro atoms. The number of hydrogen-bond acceptors (Lipinski definition) is 5. The minimum Gasteiger partial charge on any atom is -0.351 e.